The molecule has 214 valence electrons. The number of para-hydroxylation sites is 1. The highest BCUT2D eigenvalue weighted by Gasteiger charge is 2.41. The number of benzene rings is 2. The van der Waals surface area contributed by atoms with Gasteiger partial charge in [0.05, 0.1) is 41.1 Å². The third kappa shape index (κ3) is 5.86. The van der Waals surface area contributed by atoms with E-state index >= 15 is 0 Å². The molecule has 5 rings (SSSR count). The lowest BCUT2D eigenvalue weighted by molar-refractivity contribution is -0.137. The number of hydrogen-bond acceptors (Lipinski definition) is 6. The van der Waals surface area contributed by atoms with Crippen LogP contribution in [0.25, 0.3) is 11.3 Å². The smallest absolute Gasteiger partial charge is 0.416 e. The quantitative estimate of drug-likeness (QED) is 0.444. The predicted molar refractivity (Wildman–Crippen MR) is 149 cm³/mol. The molecule has 1 atom stereocenters. The Morgan fingerprint density at radius 1 is 1.12 bits per heavy atom. The number of hydrogen-bond donors (Lipinski definition) is 1. The van der Waals surface area contributed by atoms with Crippen molar-refractivity contribution in [2.75, 3.05) is 45.2 Å². The number of aromatic nitrogens is 1. The van der Waals surface area contributed by atoms with E-state index in [0.29, 0.717) is 43.9 Å². The molecule has 2 aliphatic rings. The van der Waals surface area contributed by atoms with Crippen LogP contribution in [0.4, 0.5) is 18.9 Å². The molecule has 0 bridgehead atoms. The van der Waals surface area contributed by atoms with Gasteiger partial charge in [-0.05, 0) is 74.8 Å². The number of anilines is 1. The fourth-order valence-corrected chi connectivity index (χ4v) is 5.87. The monoisotopic (exact) mass is 563 g/mol. The van der Waals surface area contributed by atoms with E-state index < -0.39 is 17.3 Å². The maximum Gasteiger partial charge on any atom is 0.416 e. The standard InChI is InChI=1S/C31H32F3N5O2/c1-38-14-11-21(20-38)29(40)37-30(24-7-9-26(36-19-24)25-5-3-4-6-28(25)41-2)12-15-39(16-13-30)27-10-8-23(31(32,33)34)17-22(27)18-35/h3-10,17,19,21H,11-16,20H2,1-2H3,(H,37,40)/t21-/m1/s1. The highest BCUT2D eigenvalue weighted by Crippen LogP contribution is 2.39. The van der Waals surface area contributed by atoms with Crippen molar-refractivity contribution in [1.82, 2.24) is 15.2 Å². The third-order valence-electron chi connectivity index (χ3n) is 8.23. The van der Waals surface area contributed by atoms with Gasteiger partial charge in [0.15, 0.2) is 0 Å². The zero-order valence-corrected chi connectivity index (χ0v) is 23.0. The van der Waals surface area contributed by atoms with Crippen molar-refractivity contribution < 1.29 is 22.7 Å². The Morgan fingerprint density at radius 3 is 2.49 bits per heavy atom. The van der Waals surface area contributed by atoms with Crippen molar-refractivity contribution in [2.24, 2.45) is 5.92 Å². The van der Waals surface area contributed by atoms with Crippen LogP contribution in [0.2, 0.25) is 0 Å². The fraction of sp³-hybridized carbons (Fsp3) is 0.387. The molecule has 10 heteroatoms. The molecule has 0 aliphatic carbocycles. The molecule has 2 saturated heterocycles. The summed E-state index contributed by atoms with van der Waals surface area (Å²) in [6, 6.07) is 16.7. The summed E-state index contributed by atoms with van der Waals surface area (Å²) >= 11 is 0. The van der Waals surface area contributed by atoms with Gasteiger partial charge in [-0.3, -0.25) is 9.78 Å². The number of nitriles is 1. The Balaban J connectivity index is 1.43. The second-order valence-electron chi connectivity index (χ2n) is 10.8. The molecular formula is C31H32F3N5O2. The number of methoxy groups -OCH3 is 1. The number of carbonyl (C=O) groups excluding carboxylic acids is 1. The predicted octanol–water partition coefficient (Wildman–Crippen LogP) is 5.21. The van der Waals surface area contributed by atoms with E-state index in [2.05, 4.69) is 10.2 Å². The summed E-state index contributed by atoms with van der Waals surface area (Å²) < 4.78 is 45.2. The molecule has 3 aromatic rings. The van der Waals surface area contributed by atoms with E-state index in [9.17, 15) is 23.2 Å². The Bertz CT molecular complexity index is 1440. The number of pyridine rings is 1. The van der Waals surface area contributed by atoms with Gasteiger partial charge >= 0.3 is 6.18 Å². The first-order valence-electron chi connectivity index (χ1n) is 13.6. The summed E-state index contributed by atoms with van der Waals surface area (Å²) in [6.45, 7) is 2.44. The van der Waals surface area contributed by atoms with E-state index in [4.69, 9.17) is 9.72 Å². The van der Waals surface area contributed by atoms with Crippen LogP contribution >= 0.6 is 0 Å². The molecule has 7 nitrogen and oxygen atoms in total. The summed E-state index contributed by atoms with van der Waals surface area (Å²) in [6.07, 6.45) is -0.946. The van der Waals surface area contributed by atoms with Crippen molar-refractivity contribution >= 4 is 11.6 Å². The number of amides is 1. The van der Waals surface area contributed by atoms with Gasteiger partial charge in [-0.15, -0.1) is 0 Å². The van der Waals surface area contributed by atoms with Crippen LogP contribution < -0.4 is 15.0 Å². The van der Waals surface area contributed by atoms with Crippen LogP contribution in [-0.4, -0.2) is 56.1 Å². The lowest BCUT2D eigenvalue weighted by atomic mass is 9.80. The Hall–Kier alpha value is -4.10. The average Bonchev–Trinajstić information content (AvgIpc) is 3.43. The molecule has 0 saturated carbocycles. The highest BCUT2D eigenvalue weighted by molar-refractivity contribution is 5.80. The van der Waals surface area contributed by atoms with E-state index in [1.54, 1.807) is 13.3 Å². The molecule has 1 N–H and O–H groups in total. The normalized spacial score (nSPS) is 19.0. The largest absolute Gasteiger partial charge is 0.496 e. The molecule has 41 heavy (non-hydrogen) atoms. The van der Waals surface area contributed by atoms with Crippen LogP contribution in [0.1, 0.15) is 36.0 Å². The Morgan fingerprint density at radius 2 is 1.88 bits per heavy atom. The van der Waals surface area contributed by atoms with Gasteiger partial charge in [0, 0.05) is 31.4 Å². The third-order valence-corrected chi connectivity index (χ3v) is 8.23. The van der Waals surface area contributed by atoms with E-state index in [-0.39, 0.29) is 17.4 Å². The Labute approximate surface area is 237 Å². The molecule has 0 spiro atoms. The zero-order valence-electron chi connectivity index (χ0n) is 23.0. The number of piperidine rings is 1. The molecular weight excluding hydrogens is 531 g/mol. The number of nitrogens with one attached hydrogen (secondary N) is 1. The second-order valence-corrected chi connectivity index (χ2v) is 10.8. The van der Waals surface area contributed by atoms with Gasteiger partial charge in [-0.25, -0.2) is 0 Å². The minimum absolute atomic E-state index is 0.0103. The van der Waals surface area contributed by atoms with Gasteiger partial charge in [0.25, 0.3) is 0 Å². The first-order valence-corrected chi connectivity index (χ1v) is 13.6. The van der Waals surface area contributed by atoms with Gasteiger partial charge in [-0.1, -0.05) is 18.2 Å². The number of halogens is 3. The number of rotatable bonds is 6. The van der Waals surface area contributed by atoms with Crippen molar-refractivity contribution in [3.05, 3.63) is 77.5 Å². The molecule has 3 heterocycles. The molecule has 2 fully saturated rings. The minimum atomic E-state index is -4.53. The zero-order chi connectivity index (χ0) is 29.2. The SMILES string of the molecule is COc1ccccc1-c1ccc(C2(NC(=O)[C@@H]3CCN(C)C3)CCN(c3ccc(C(F)(F)F)cc3C#N)CC2)cn1. The topological polar surface area (TPSA) is 81.5 Å². The number of likely N-dealkylation sites (tertiary alicyclic amines) is 1. The summed E-state index contributed by atoms with van der Waals surface area (Å²) in [4.78, 5) is 22.2. The number of carbonyl (C=O) groups is 1. The molecule has 0 radical (unpaired) electrons. The molecule has 2 aliphatic heterocycles. The van der Waals surface area contributed by atoms with E-state index in [1.807, 2.05) is 54.4 Å². The summed E-state index contributed by atoms with van der Waals surface area (Å²) in [5, 5.41) is 13.0. The van der Waals surface area contributed by atoms with Gasteiger partial charge in [-0.2, -0.15) is 18.4 Å². The van der Waals surface area contributed by atoms with Gasteiger partial charge < -0.3 is 19.9 Å². The Kier molecular flexibility index (Phi) is 7.91. The molecule has 1 amide bonds. The molecule has 1 aromatic heterocycles. The van der Waals surface area contributed by atoms with Gasteiger partial charge in [0.2, 0.25) is 5.91 Å². The first-order chi connectivity index (χ1) is 19.6. The summed E-state index contributed by atoms with van der Waals surface area (Å²) in [5.41, 5.74) is 1.35. The number of ether oxygens (including phenoxy) is 1. The fourth-order valence-electron chi connectivity index (χ4n) is 5.87. The van der Waals surface area contributed by atoms with E-state index in [0.717, 1.165) is 41.9 Å². The van der Waals surface area contributed by atoms with Gasteiger partial charge in [0.1, 0.15) is 11.8 Å². The van der Waals surface area contributed by atoms with Crippen LogP contribution in [0.3, 0.4) is 0 Å². The van der Waals surface area contributed by atoms with Crippen molar-refractivity contribution in [3.8, 4) is 23.1 Å². The second kappa shape index (κ2) is 11.4. The summed E-state index contributed by atoms with van der Waals surface area (Å²) in [7, 11) is 3.61. The van der Waals surface area contributed by atoms with Crippen LogP contribution in [0, 0.1) is 17.2 Å². The maximum atomic E-state index is 13.5. The average molecular weight is 564 g/mol. The maximum absolute atomic E-state index is 13.5. The van der Waals surface area contributed by atoms with Crippen LogP contribution in [0.15, 0.2) is 60.8 Å². The van der Waals surface area contributed by atoms with Crippen LogP contribution in [-0.2, 0) is 16.5 Å². The number of nitrogens with zero attached hydrogens (tertiary/aromatic N) is 4. The van der Waals surface area contributed by atoms with E-state index in [1.165, 1.54) is 6.07 Å². The molecule has 2 aromatic carbocycles. The van der Waals surface area contributed by atoms with Crippen molar-refractivity contribution in [3.63, 3.8) is 0 Å². The van der Waals surface area contributed by atoms with Crippen LogP contribution in [0.5, 0.6) is 5.75 Å². The first kappa shape index (κ1) is 28.4. The lowest BCUT2D eigenvalue weighted by Crippen LogP contribution is -2.54. The summed E-state index contributed by atoms with van der Waals surface area (Å²) in [5.74, 6) is 0.582. The van der Waals surface area contributed by atoms with Crippen molar-refractivity contribution in [2.45, 2.75) is 31.0 Å². The lowest BCUT2D eigenvalue weighted by Gasteiger charge is -2.44. The highest BCUT2D eigenvalue weighted by atomic mass is 19.4. The van der Waals surface area contributed by atoms with Crippen molar-refractivity contribution in [1.29, 1.82) is 5.26 Å². The number of alkyl halides is 3. The minimum Gasteiger partial charge on any atom is -0.496 e. The molecule has 0 unspecified atom stereocenters.